The minimum absolute atomic E-state index is 0.0324. The lowest BCUT2D eigenvalue weighted by atomic mass is 10.4. The van der Waals surface area contributed by atoms with E-state index in [0.29, 0.717) is 4.90 Å². The fraction of sp³-hybridized carbons (Fsp3) is 0.444. The predicted octanol–water partition coefficient (Wildman–Crippen LogP) is 1.43. The number of carbonyl (C=O) groups excluding carboxylic acids is 1. The van der Waals surface area contributed by atoms with Crippen LogP contribution in [0.15, 0.2) is 16.3 Å². The van der Waals surface area contributed by atoms with Gasteiger partial charge in [0.1, 0.15) is 0 Å². The van der Waals surface area contributed by atoms with E-state index in [1.165, 1.54) is 11.4 Å². The van der Waals surface area contributed by atoms with Crippen LogP contribution in [0.2, 0.25) is 0 Å². The summed E-state index contributed by atoms with van der Waals surface area (Å²) in [6.45, 7) is -0.757. The number of alkyl halides is 3. The minimum atomic E-state index is -4.98. The average Bonchev–Trinajstić information content (AvgIpc) is 2.66. The van der Waals surface area contributed by atoms with Gasteiger partial charge in [0.05, 0.1) is 17.2 Å². The molecule has 0 aromatic carbocycles. The molecule has 1 amide bonds. The van der Waals surface area contributed by atoms with E-state index < -0.39 is 34.2 Å². The third-order valence-electron chi connectivity index (χ3n) is 2.53. The van der Waals surface area contributed by atoms with Gasteiger partial charge in [0, 0.05) is 11.4 Å². The molecule has 0 unspecified atom stereocenters. The zero-order chi connectivity index (χ0) is 13.6. The first-order valence-electron chi connectivity index (χ1n) is 4.87. The van der Waals surface area contributed by atoms with Crippen LogP contribution in [0.25, 0.3) is 0 Å². The third kappa shape index (κ3) is 2.37. The van der Waals surface area contributed by atoms with Gasteiger partial charge in [-0.05, 0) is 11.4 Å². The summed E-state index contributed by atoms with van der Waals surface area (Å²) >= 11 is 1.03. The molecule has 9 heteroatoms. The summed E-state index contributed by atoms with van der Waals surface area (Å²) in [5.74, 6) is -2.49. The summed E-state index contributed by atoms with van der Waals surface area (Å²) in [4.78, 5) is 12.0. The molecular formula is C9H8F3NO3S2. The second-order valence-electron chi connectivity index (χ2n) is 3.75. The van der Waals surface area contributed by atoms with Gasteiger partial charge in [0.2, 0.25) is 0 Å². The summed E-state index contributed by atoms with van der Waals surface area (Å²) in [6.07, 6.45) is -4.98. The molecule has 2 rings (SSSR count). The van der Waals surface area contributed by atoms with E-state index in [1.54, 1.807) is 0 Å². The Morgan fingerprint density at radius 2 is 2.06 bits per heavy atom. The van der Waals surface area contributed by atoms with Crippen molar-refractivity contribution in [2.24, 2.45) is 0 Å². The van der Waals surface area contributed by atoms with Gasteiger partial charge in [-0.2, -0.15) is 13.2 Å². The third-order valence-corrected chi connectivity index (χ3v) is 5.34. The van der Waals surface area contributed by atoms with Gasteiger partial charge in [0.15, 0.2) is 9.84 Å². The first kappa shape index (κ1) is 13.3. The first-order valence-corrected chi connectivity index (χ1v) is 7.40. The zero-order valence-electron chi connectivity index (χ0n) is 8.90. The van der Waals surface area contributed by atoms with Gasteiger partial charge in [0.25, 0.3) is 0 Å². The van der Waals surface area contributed by atoms with Crippen LogP contribution in [0.5, 0.6) is 0 Å². The summed E-state index contributed by atoms with van der Waals surface area (Å²) < 4.78 is 60.5. The molecule has 2 heterocycles. The Kier molecular flexibility index (Phi) is 3.14. The second kappa shape index (κ2) is 4.23. The number of amides is 1. The van der Waals surface area contributed by atoms with Gasteiger partial charge in [-0.15, -0.1) is 11.3 Å². The van der Waals surface area contributed by atoms with E-state index in [4.69, 9.17) is 0 Å². The highest BCUT2D eigenvalue weighted by atomic mass is 32.2. The quantitative estimate of drug-likeness (QED) is 0.728. The van der Waals surface area contributed by atoms with Gasteiger partial charge < -0.3 is 4.90 Å². The van der Waals surface area contributed by atoms with Crippen molar-refractivity contribution in [3.8, 4) is 0 Å². The Morgan fingerprint density at radius 1 is 1.39 bits per heavy atom. The molecule has 0 atom stereocenters. The molecule has 1 aromatic rings. The summed E-state index contributed by atoms with van der Waals surface area (Å²) in [5, 5.41) is 1.49. The smallest absolute Gasteiger partial charge is 0.329 e. The van der Waals surface area contributed by atoms with Crippen molar-refractivity contribution in [2.45, 2.75) is 17.6 Å². The van der Waals surface area contributed by atoms with Crippen LogP contribution >= 0.6 is 11.3 Å². The Morgan fingerprint density at radius 3 is 2.67 bits per heavy atom. The Balaban J connectivity index is 2.36. The molecule has 0 N–H and O–H groups in total. The molecule has 100 valence electrons. The summed E-state index contributed by atoms with van der Waals surface area (Å²) in [7, 11) is -3.60. The Hall–Kier alpha value is -1.09. The van der Waals surface area contributed by atoms with Crippen LogP contribution in [-0.4, -0.2) is 37.7 Å². The molecule has 0 fully saturated rings. The van der Waals surface area contributed by atoms with Crippen molar-refractivity contribution in [1.29, 1.82) is 0 Å². The zero-order valence-corrected chi connectivity index (χ0v) is 10.5. The molecule has 0 spiro atoms. The lowest BCUT2D eigenvalue weighted by Gasteiger charge is -2.20. The fourth-order valence-electron chi connectivity index (χ4n) is 1.67. The number of sulfone groups is 1. The Labute approximate surface area is 105 Å². The molecule has 1 aromatic heterocycles. The lowest BCUT2D eigenvalue weighted by Crippen LogP contribution is -2.41. The first-order chi connectivity index (χ1) is 8.22. The maximum absolute atomic E-state index is 12.3. The monoisotopic (exact) mass is 299 g/mol. The molecule has 1 aliphatic rings. The number of halogens is 3. The fourth-order valence-corrected chi connectivity index (χ4v) is 4.43. The van der Waals surface area contributed by atoms with Gasteiger partial charge in [-0.3, -0.25) is 4.79 Å². The molecule has 0 saturated heterocycles. The van der Waals surface area contributed by atoms with Crippen molar-refractivity contribution in [3.05, 3.63) is 16.3 Å². The highest BCUT2D eigenvalue weighted by Crippen LogP contribution is 2.29. The van der Waals surface area contributed by atoms with Gasteiger partial charge in [-0.25, -0.2) is 8.42 Å². The van der Waals surface area contributed by atoms with Gasteiger partial charge >= 0.3 is 12.1 Å². The van der Waals surface area contributed by atoms with Crippen LogP contribution in [-0.2, 0) is 21.2 Å². The summed E-state index contributed by atoms with van der Waals surface area (Å²) in [5.41, 5.74) is 0. The van der Waals surface area contributed by atoms with E-state index in [2.05, 4.69) is 0 Å². The normalized spacial score (nSPS) is 19.2. The highest BCUT2D eigenvalue weighted by Gasteiger charge is 2.44. The number of carbonyl (C=O) groups is 1. The van der Waals surface area contributed by atoms with Crippen LogP contribution < -0.4 is 0 Å². The Bertz CT molecular complexity index is 576. The van der Waals surface area contributed by atoms with Gasteiger partial charge in [-0.1, -0.05) is 0 Å². The topological polar surface area (TPSA) is 54.5 Å². The number of thiophene rings is 1. The minimum Gasteiger partial charge on any atom is -0.329 e. The van der Waals surface area contributed by atoms with Crippen LogP contribution in [0, 0.1) is 0 Å². The molecule has 0 aliphatic carbocycles. The average molecular weight is 299 g/mol. The summed E-state index contributed by atoms with van der Waals surface area (Å²) in [6, 6.07) is 1.36. The van der Waals surface area contributed by atoms with E-state index in [0.717, 1.165) is 11.3 Å². The van der Waals surface area contributed by atoms with Crippen molar-refractivity contribution < 1.29 is 26.4 Å². The van der Waals surface area contributed by atoms with E-state index in [-0.39, 0.29) is 16.3 Å². The molecule has 1 aliphatic heterocycles. The molecule has 4 nitrogen and oxygen atoms in total. The molecule has 18 heavy (non-hydrogen) atoms. The molecular weight excluding hydrogens is 291 g/mol. The number of nitrogens with zero attached hydrogens (tertiary/aromatic N) is 1. The van der Waals surface area contributed by atoms with E-state index in [1.807, 2.05) is 0 Å². The van der Waals surface area contributed by atoms with Crippen LogP contribution in [0.1, 0.15) is 4.88 Å². The second-order valence-corrected chi connectivity index (χ2v) is 6.83. The molecule has 0 saturated carbocycles. The maximum Gasteiger partial charge on any atom is 0.471 e. The highest BCUT2D eigenvalue weighted by molar-refractivity contribution is 7.91. The SMILES string of the molecule is O=C(N1CCS(=O)(=O)c2ccsc2C1)C(F)(F)F. The van der Waals surface area contributed by atoms with Crippen LogP contribution in [0.3, 0.4) is 0 Å². The maximum atomic E-state index is 12.3. The number of hydrogen-bond donors (Lipinski definition) is 0. The van der Waals surface area contributed by atoms with Crippen molar-refractivity contribution in [2.75, 3.05) is 12.3 Å². The van der Waals surface area contributed by atoms with Crippen molar-refractivity contribution in [1.82, 2.24) is 4.90 Å². The van der Waals surface area contributed by atoms with E-state index >= 15 is 0 Å². The number of hydrogen-bond acceptors (Lipinski definition) is 4. The largest absolute Gasteiger partial charge is 0.471 e. The number of rotatable bonds is 0. The molecule has 0 radical (unpaired) electrons. The van der Waals surface area contributed by atoms with Crippen molar-refractivity contribution in [3.63, 3.8) is 0 Å². The van der Waals surface area contributed by atoms with Crippen LogP contribution in [0.4, 0.5) is 13.2 Å². The lowest BCUT2D eigenvalue weighted by molar-refractivity contribution is -0.185. The van der Waals surface area contributed by atoms with Crippen molar-refractivity contribution >= 4 is 27.1 Å². The standard InChI is InChI=1S/C9H8F3NO3S2/c10-9(11,12)8(14)13-2-4-18(15,16)7-1-3-17-6(7)5-13/h1,3H,2,4-5H2. The molecule has 0 bridgehead atoms. The number of fused-ring (bicyclic) bond motifs is 1. The van der Waals surface area contributed by atoms with E-state index in [9.17, 15) is 26.4 Å². The predicted molar refractivity (Wildman–Crippen MR) is 57.8 cm³/mol.